The van der Waals surface area contributed by atoms with Gasteiger partial charge in [-0.15, -0.1) is 0 Å². The number of benzene rings is 3. The van der Waals surface area contributed by atoms with Crippen LogP contribution in [0, 0.1) is 6.92 Å². The lowest BCUT2D eigenvalue weighted by Gasteiger charge is -2.24. The maximum atomic E-state index is 13.3. The van der Waals surface area contributed by atoms with Gasteiger partial charge < -0.3 is 5.32 Å². The molecule has 5 nitrogen and oxygen atoms in total. The number of anilines is 1. The van der Waals surface area contributed by atoms with E-state index in [2.05, 4.69) is 5.32 Å². The van der Waals surface area contributed by atoms with E-state index >= 15 is 0 Å². The highest BCUT2D eigenvalue weighted by Gasteiger charge is 2.27. The molecule has 0 atom stereocenters. The number of hydrogen-bond acceptors (Lipinski definition) is 3. The largest absolute Gasteiger partial charge is 0.350 e. The fourth-order valence-corrected chi connectivity index (χ4v) is 4.61. The summed E-state index contributed by atoms with van der Waals surface area (Å²) in [5.74, 6) is -0.436. The van der Waals surface area contributed by atoms with Crippen LogP contribution in [-0.2, 0) is 21.4 Å². The van der Waals surface area contributed by atoms with E-state index in [1.807, 2.05) is 31.2 Å². The van der Waals surface area contributed by atoms with Crippen LogP contribution in [0.3, 0.4) is 0 Å². The zero-order valence-corrected chi connectivity index (χ0v) is 18.5. The maximum absolute atomic E-state index is 13.3. The SMILES string of the molecule is Cc1cccc(CNC(=O)CN(c2cccc(Cl)c2)S(=O)(=O)c2ccc(Cl)cc2)c1. The maximum Gasteiger partial charge on any atom is 0.264 e. The van der Waals surface area contributed by atoms with Crippen LogP contribution < -0.4 is 9.62 Å². The van der Waals surface area contributed by atoms with Gasteiger partial charge in [0.1, 0.15) is 6.54 Å². The van der Waals surface area contributed by atoms with Crippen LogP contribution >= 0.6 is 23.2 Å². The summed E-state index contributed by atoms with van der Waals surface area (Å²) in [6, 6.07) is 19.9. The molecular formula is C22H20Cl2N2O3S. The molecule has 0 saturated carbocycles. The Balaban J connectivity index is 1.86. The molecule has 30 heavy (non-hydrogen) atoms. The van der Waals surface area contributed by atoms with E-state index in [4.69, 9.17) is 23.2 Å². The molecule has 1 N–H and O–H groups in total. The molecule has 0 saturated heterocycles. The van der Waals surface area contributed by atoms with Gasteiger partial charge in [-0.1, -0.05) is 59.1 Å². The summed E-state index contributed by atoms with van der Waals surface area (Å²) in [6.07, 6.45) is 0. The second-order valence-corrected chi connectivity index (χ2v) is 9.45. The molecule has 0 aliphatic rings. The summed E-state index contributed by atoms with van der Waals surface area (Å²) in [5, 5.41) is 3.56. The number of carbonyl (C=O) groups is 1. The van der Waals surface area contributed by atoms with Gasteiger partial charge in [-0.2, -0.15) is 0 Å². The Morgan fingerprint density at radius 2 is 1.63 bits per heavy atom. The Morgan fingerprint density at radius 3 is 2.30 bits per heavy atom. The molecule has 0 radical (unpaired) electrons. The van der Waals surface area contributed by atoms with Crippen molar-refractivity contribution in [1.29, 1.82) is 0 Å². The van der Waals surface area contributed by atoms with E-state index < -0.39 is 22.5 Å². The zero-order chi connectivity index (χ0) is 21.7. The Morgan fingerprint density at radius 1 is 0.933 bits per heavy atom. The van der Waals surface area contributed by atoms with Crippen LogP contribution in [0.15, 0.2) is 77.7 Å². The number of amides is 1. The number of halogens is 2. The van der Waals surface area contributed by atoms with Gasteiger partial charge in [-0.05, 0) is 55.0 Å². The zero-order valence-electron chi connectivity index (χ0n) is 16.2. The molecule has 3 aromatic rings. The molecule has 0 heterocycles. The molecule has 0 aliphatic heterocycles. The second kappa shape index (κ2) is 9.51. The van der Waals surface area contributed by atoms with Crippen molar-refractivity contribution in [2.75, 3.05) is 10.8 Å². The van der Waals surface area contributed by atoms with Crippen LogP contribution in [0.2, 0.25) is 10.0 Å². The number of nitrogens with zero attached hydrogens (tertiary/aromatic N) is 1. The van der Waals surface area contributed by atoms with Gasteiger partial charge in [0.2, 0.25) is 5.91 Å². The Bertz CT molecular complexity index is 1150. The third-order valence-corrected chi connectivity index (χ3v) is 6.63. The number of carbonyl (C=O) groups excluding carboxylic acids is 1. The van der Waals surface area contributed by atoms with Crippen molar-refractivity contribution in [2.24, 2.45) is 0 Å². The molecule has 0 aliphatic carbocycles. The van der Waals surface area contributed by atoms with Crippen molar-refractivity contribution in [3.05, 3.63) is 94.0 Å². The molecule has 0 bridgehead atoms. The minimum Gasteiger partial charge on any atom is -0.350 e. The fraction of sp³-hybridized carbons (Fsp3) is 0.136. The molecule has 0 aromatic heterocycles. The average Bonchev–Trinajstić information content (AvgIpc) is 2.71. The number of aryl methyl sites for hydroxylation is 1. The van der Waals surface area contributed by atoms with Crippen molar-refractivity contribution in [1.82, 2.24) is 5.32 Å². The minimum absolute atomic E-state index is 0.0263. The molecule has 3 aromatic carbocycles. The predicted octanol–water partition coefficient (Wildman–Crippen LogP) is 4.81. The summed E-state index contributed by atoms with van der Waals surface area (Å²) in [4.78, 5) is 12.7. The van der Waals surface area contributed by atoms with Gasteiger partial charge in [-0.25, -0.2) is 8.42 Å². The Kier molecular flexibility index (Phi) is 7.02. The van der Waals surface area contributed by atoms with Gasteiger partial charge in [0.05, 0.1) is 10.6 Å². The van der Waals surface area contributed by atoms with E-state index in [1.165, 1.54) is 30.3 Å². The van der Waals surface area contributed by atoms with E-state index in [0.717, 1.165) is 15.4 Å². The summed E-state index contributed by atoms with van der Waals surface area (Å²) >= 11 is 11.9. The first kappa shape index (κ1) is 22.2. The van der Waals surface area contributed by atoms with Crippen LogP contribution in [0.5, 0.6) is 0 Å². The average molecular weight is 463 g/mol. The smallest absolute Gasteiger partial charge is 0.264 e. The highest BCUT2D eigenvalue weighted by atomic mass is 35.5. The summed E-state index contributed by atoms with van der Waals surface area (Å²) in [5.41, 5.74) is 2.30. The molecule has 156 valence electrons. The number of nitrogens with one attached hydrogen (secondary N) is 1. The predicted molar refractivity (Wildman–Crippen MR) is 120 cm³/mol. The third-order valence-electron chi connectivity index (χ3n) is 4.36. The quantitative estimate of drug-likeness (QED) is 0.547. The lowest BCUT2D eigenvalue weighted by molar-refractivity contribution is -0.119. The van der Waals surface area contributed by atoms with Crippen molar-refractivity contribution >= 4 is 44.8 Å². The van der Waals surface area contributed by atoms with Gasteiger partial charge in [0.15, 0.2) is 0 Å². The van der Waals surface area contributed by atoms with Crippen LogP contribution in [-0.4, -0.2) is 20.9 Å². The number of rotatable bonds is 7. The Labute approximate surface area is 186 Å². The Hall–Kier alpha value is -2.54. The van der Waals surface area contributed by atoms with E-state index in [-0.39, 0.29) is 4.90 Å². The van der Waals surface area contributed by atoms with Crippen molar-refractivity contribution < 1.29 is 13.2 Å². The van der Waals surface area contributed by atoms with Crippen LogP contribution in [0.25, 0.3) is 0 Å². The first-order chi connectivity index (χ1) is 14.3. The second-order valence-electron chi connectivity index (χ2n) is 6.71. The normalized spacial score (nSPS) is 11.2. The first-order valence-corrected chi connectivity index (χ1v) is 11.3. The summed E-state index contributed by atoms with van der Waals surface area (Å²) < 4.78 is 27.6. The van der Waals surface area contributed by atoms with Crippen molar-refractivity contribution in [2.45, 2.75) is 18.4 Å². The van der Waals surface area contributed by atoms with Crippen molar-refractivity contribution in [3.63, 3.8) is 0 Å². The highest BCUT2D eigenvalue weighted by Crippen LogP contribution is 2.26. The van der Waals surface area contributed by atoms with Gasteiger partial charge in [0, 0.05) is 16.6 Å². The molecule has 0 spiro atoms. The van der Waals surface area contributed by atoms with Gasteiger partial charge in [-0.3, -0.25) is 9.10 Å². The minimum atomic E-state index is -4.02. The van der Waals surface area contributed by atoms with Crippen LogP contribution in [0.4, 0.5) is 5.69 Å². The number of hydrogen-bond donors (Lipinski definition) is 1. The van der Waals surface area contributed by atoms with Gasteiger partial charge in [0.25, 0.3) is 10.0 Å². The highest BCUT2D eigenvalue weighted by molar-refractivity contribution is 7.92. The topological polar surface area (TPSA) is 66.5 Å². The van der Waals surface area contributed by atoms with E-state index in [9.17, 15) is 13.2 Å². The molecule has 1 amide bonds. The molecule has 8 heteroatoms. The molecule has 3 rings (SSSR count). The monoisotopic (exact) mass is 462 g/mol. The summed E-state index contributed by atoms with van der Waals surface area (Å²) in [6.45, 7) is 1.87. The standard InChI is InChI=1S/C22H20Cl2N2O3S/c1-16-4-2-5-17(12-16)14-25-22(27)15-26(20-7-3-6-19(24)13-20)30(28,29)21-10-8-18(23)9-11-21/h2-13H,14-15H2,1H3,(H,25,27). The van der Waals surface area contributed by atoms with Gasteiger partial charge >= 0.3 is 0 Å². The fourth-order valence-electron chi connectivity index (χ4n) is 2.89. The summed E-state index contributed by atoms with van der Waals surface area (Å²) in [7, 11) is -4.02. The molecular weight excluding hydrogens is 443 g/mol. The molecule has 0 unspecified atom stereocenters. The van der Waals surface area contributed by atoms with E-state index in [1.54, 1.807) is 18.2 Å². The third kappa shape index (κ3) is 5.53. The van der Waals surface area contributed by atoms with Crippen molar-refractivity contribution in [3.8, 4) is 0 Å². The number of sulfonamides is 1. The van der Waals surface area contributed by atoms with E-state index in [0.29, 0.717) is 22.3 Å². The lowest BCUT2D eigenvalue weighted by atomic mass is 10.1. The van der Waals surface area contributed by atoms with Crippen LogP contribution in [0.1, 0.15) is 11.1 Å². The lowest BCUT2D eigenvalue weighted by Crippen LogP contribution is -2.40. The first-order valence-electron chi connectivity index (χ1n) is 9.12. The molecule has 0 fully saturated rings.